The molecule has 2 atom stereocenters. The van der Waals surface area contributed by atoms with Crippen molar-refractivity contribution < 1.29 is 4.79 Å². The summed E-state index contributed by atoms with van der Waals surface area (Å²) in [6, 6.07) is 8.46. The number of thioether (sulfide) groups is 1. The molecule has 4 nitrogen and oxygen atoms in total. The molecule has 1 N–H and O–H groups in total. The van der Waals surface area contributed by atoms with Gasteiger partial charge in [0.25, 0.3) is 0 Å². The molecule has 22 heavy (non-hydrogen) atoms. The second-order valence-corrected chi connectivity index (χ2v) is 7.57. The molecular weight excluding hydrogens is 294 g/mol. The van der Waals surface area contributed by atoms with Gasteiger partial charge in [-0.1, -0.05) is 12.1 Å². The third kappa shape index (κ3) is 2.77. The maximum Gasteiger partial charge on any atom is 0.231 e. The molecule has 0 aliphatic carbocycles. The molecule has 0 aromatic heterocycles. The Balaban J connectivity index is 1.74. The average molecular weight is 319 g/mol. The summed E-state index contributed by atoms with van der Waals surface area (Å²) in [6.45, 7) is 4.36. The molecule has 5 heteroatoms. The predicted molar refractivity (Wildman–Crippen MR) is 91.0 cm³/mol. The van der Waals surface area contributed by atoms with E-state index in [1.807, 2.05) is 11.9 Å². The van der Waals surface area contributed by atoms with Gasteiger partial charge in [0.1, 0.15) is 0 Å². The molecule has 2 unspecified atom stereocenters. The lowest BCUT2D eigenvalue weighted by molar-refractivity contribution is -0.141. The molecule has 2 aliphatic rings. The van der Waals surface area contributed by atoms with E-state index in [2.05, 4.69) is 47.8 Å². The Kier molecular flexibility index (Phi) is 4.48. The van der Waals surface area contributed by atoms with Gasteiger partial charge in [-0.05, 0) is 31.0 Å². The van der Waals surface area contributed by atoms with E-state index >= 15 is 0 Å². The van der Waals surface area contributed by atoms with Crippen LogP contribution in [0.2, 0.25) is 0 Å². The number of benzene rings is 1. The number of nitrogens with zero attached hydrogens (tertiary/aromatic N) is 2. The summed E-state index contributed by atoms with van der Waals surface area (Å²) in [4.78, 5) is 18.6. The molecule has 0 radical (unpaired) electrons. The molecule has 3 rings (SSSR count). The first-order valence-corrected chi connectivity index (χ1v) is 9.05. The van der Waals surface area contributed by atoms with Crippen molar-refractivity contribution in [3.63, 3.8) is 0 Å². The summed E-state index contributed by atoms with van der Waals surface area (Å²) < 4.78 is 0. The third-order valence-electron chi connectivity index (χ3n) is 5.02. The first-order chi connectivity index (χ1) is 10.5. The van der Waals surface area contributed by atoms with Crippen molar-refractivity contribution in [2.75, 3.05) is 46.5 Å². The van der Waals surface area contributed by atoms with Gasteiger partial charge < -0.3 is 15.1 Å². The van der Waals surface area contributed by atoms with E-state index < -0.39 is 0 Å². The minimum absolute atomic E-state index is 0.222. The Morgan fingerprint density at radius 2 is 2.36 bits per heavy atom. The van der Waals surface area contributed by atoms with Crippen LogP contribution < -0.4 is 5.32 Å². The number of nitrogens with one attached hydrogen (secondary N) is 1. The number of fused-ring (bicyclic) bond motifs is 1. The third-order valence-corrected chi connectivity index (χ3v) is 5.75. The molecule has 1 aromatic carbocycles. The van der Waals surface area contributed by atoms with Crippen LogP contribution in [0, 0.1) is 11.3 Å². The molecule has 2 fully saturated rings. The molecule has 120 valence electrons. The van der Waals surface area contributed by atoms with Crippen molar-refractivity contribution in [1.29, 1.82) is 0 Å². The second kappa shape index (κ2) is 6.22. The van der Waals surface area contributed by atoms with Crippen LogP contribution in [0.4, 0.5) is 0 Å². The van der Waals surface area contributed by atoms with Crippen LogP contribution in [-0.2, 0) is 11.3 Å². The lowest BCUT2D eigenvalue weighted by Crippen LogP contribution is -2.47. The van der Waals surface area contributed by atoms with Gasteiger partial charge in [0.05, 0.1) is 5.41 Å². The maximum atomic E-state index is 13.1. The maximum absolute atomic E-state index is 13.1. The fraction of sp³-hybridized carbons (Fsp3) is 0.588. The Morgan fingerprint density at radius 3 is 3.14 bits per heavy atom. The number of hydrogen-bond acceptors (Lipinski definition) is 4. The zero-order valence-electron chi connectivity index (χ0n) is 13.6. The van der Waals surface area contributed by atoms with Crippen molar-refractivity contribution in [2.24, 2.45) is 11.3 Å². The SMILES string of the molecule is CSc1cccc(CN(C)C(=O)C23CNCC2CN(C)C3)c1. The lowest BCUT2D eigenvalue weighted by atomic mass is 9.79. The summed E-state index contributed by atoms with van der Waals surface area (Å²) >= 11 is 1.74. The van der Waals surface area contributed by atoms with E-state index in [-0.39, 0.29) is 5.41 Å². The van der Waals surface area contributed by atoms with Crippen LogP contribution in [0.1, 0.15) is 5.56 Å². The van der Waals surface area contributed by atoms with Crippen LogP contribution in [0.3, 0.4) is 0 Å². The van der Waals surface area contributed by atoms with Gasteiger partial charge in [0, 0.05) is 50.6 Å². The zero-order valence-corrected chi connectivity index (χ0v) is 14.4. The monoisotopic (exact) mass is 319 g/mol. The first kappa shape index (κ1) is 15.8. The van der Waals surface area contributed by atoms with Crippen molar-refractivity contribution in [1.82, 2.24) is 15.1 Å². The lowest BCUT2D eigenvalue weighted by Gasteiger charge is -2.31. The zero-order chi connectivity index (χ0) is 15.7. The average Bonchev–Trinajstić information content (AvgIpc) is 3.03. The van der Waals surface area contributed by atoms with Crippen molar-refractivity contribution in [3.05, 3.63) is 29.8 Å². The van der Waals surface area contributed by atoms with Gasteiger partial charge in [0.15, 0.2) is 0 Å². The highest BCUT2D eigenvalue weighted by molar-refractivity contribution is 7.98. The highest BCUT2D eigenvalue weighted by Crippen LogP contribution is 2.40. The number of likely N-dealkylation sites (tertiary alicyclic amines) is 1. The molecule has 0 spiro atoms. The second-order valence-electron chi connectivity index (χ2n) is 6.69. The smallest absolute Gasteiger partial charge is 0.231 e. The standard InChI is InChI=1S/C17H25N3OS/c1-19-10-14-8-18-11-17(14,12-19)16(21)20(2)9-13-5-4-6-15(7-13)22-3/h4-7,14,18H,8-12H2,1-3H3. The van der Waals surface area contributed by atoms with E-state index in [0.717, 1.165) is 26.2 Å². The minimum atomic E-state index is -0.222. The Labute approximate surface area is 137 Å². The van der Waals surface area contributed by atoms with Crippen LogP contribution in [-0.4, -0.2) is 62.2 Å². The molecule has 2 aliphatic heterocycles. The first-order valence-electron chi connectivity index (χ1n) is 7.83. The summed E-state index contributed by atoms with van der Waals surface area (Å²) in [5.74, 6) is 0.742. The van der Waals surface area contributed by atoms with Gasteiger partial charge in [-0.2, -0.15) is 0 Å². The summed E-state index contributed by atoms with van der Waals surface area (Å²) in [5.41, 5.74) is 0.980. The van der Waals surface area contributed by atoms with Crippen LogP contribution in [0.5, 0.6) is 0 Å². The van der Waals surface area contributed by atoms with E-state index in [9.17, 15) is 4.79 Å². The molecule has 2 saturated heterocycles. The van der Waals surface area contributed by atoms with Gasteiger partial charge in [-0.25, -0.2) is 0 Å². The van der Waals surface area contributed by atoms with E-state index in [0.29, 0.717) is 18.4 Å². The fourth-order valence-corrected chi connectivity index (χ4v) is 4.45. The van der Waals surface area contributed by atoms with Gasteiger partial charge >= 0.3 is 0 Å². The van der Waals surface area contributed by atoms with Gasteiger partial charge in [-0.3, -0.25) is 4.79 Å². The fourth-order valence-electron chi connectivity index (χ4n) is 3.97. The Morgan fingerprint density at radius 1 is 1.55 bits per heavy atom. The molecule has 1 aromatic rings. The van der Waals surface area contributed by atoms with Crippen LogP contribution in [0.25, 0.3) is 0 Å². The van der Waals surface area contributed by atoms with Crippen molar-refractivity contribution in [3.8, 4) is 0 Å². The molecule has 0 bridgehead atoms. The number of hydrogen-bond donors (Lipinski definition) is 1. The van der Waals surface area contributed by atoms with Crippen LogP contribution in [0.15, 0.2) is 29.2 Å². The van der Waals surface area contributed by atoms with Crippen LogP contribution >= 0.6 is 11.8 Å². The van der Waals surface area contributed by atoms with E-state index in [4.69, 9.17) is 0 Å². The van der Waals surface area contributed by atoms with Crippen molar-refractivity contribution >= 4 is 17.7 Å². The van der Waals surface area contributed by atoms with Gasteiger partial charge in [-0.15, -0.1) is 11.8 Å². The highest BCUT2D eigenvalue weighted by Gasteiger charge is 2.54. The summed E-state index contributed by atoms with van der Waals surface area (Å²) in [5, 5.41) is 3.43. The number of carbonyl (C=O) groups excluding carboxylic acids is 1. The normalized spacial score (nSPS) is 27.9. The Hall–Kier alpha value is -1.04. The highest BCUT2D eigenvalue weighted by atomic mass is 32.2. The quantitative estimate of drug-likeness (QED) is 0.854. The summed E-state index contributed by atoms with van der Waals surface area (Å²) in [6.07, 6.45) is 2.08. The molecule has 2 heterocycles. The molecule has 0 saturated carbocycles. The van der Waals surface area contributed by atoms with Gasteiger partial charge in [0.2, 0.25) is 5.91 Å². The summed E-state index contributed by atoms with van der Waals surface area (Å²) in [7, 11) is 4.06. The molecule has 1 amide bonds. The topological polar surface area (TPSA) is 35.6 Å². The predicted octanol–water partition coefficient (Wildman–Crippen LogP) is 1.52. The Bertz CT molecular complexity index is 565. The number of carbonyl (C=O) groups is 1. The van der Waals surface area contributed by atoms with E-state index in [1.54, 1.807) is 11.8 Å². The molecular formula is C17H25N3OS. The van der Waals surface area contributed by atoms with E-state index in [1.165, 1.54) is 10.5 Å². The number of rotatable bonds is 4. The van der Waals surface area contributed by atoms with Crippen molar-refractivity contribution in [2.45, 2.75) is 11.4 Å². The minimum Gasteiger partial charge on any atom is -0.341 e. The number of amides is 1. The largest absolute Gasteiger partial charge is 0.341 e.